The maximum Gasteiger partial charge on any atom is 0.411 e. The van der Waals surface area contributed by atoms with Crippen LogP contribution in [0.15, 0.2) is 51.1 Å². The van der Waals surface area contributed by atoms with Crippen molar-refractivity contribution in [3.05, 3.63) is 48.0 Å². The third-order valence-electron chi connectivity index (χ3n) is 5.00. The molecule has 0 aliphatic carbocycles. The number of hydrogen-bond acceptors (Lipinski definition) is 8. The predicted molar refractivity (Wildman–Crippen MR) is 109 cm³/mol. The van der Waals surface area contributed by atoms with Crippen molar-refractivity contribution in [1.82, 2.24) is 15.1 Å². The summed E-state index contributed by atoms with van der Waals surface area (Å²) >= 11 is 1.49. The Hall–Kier alpha value is -3.15. The SMILES string of the molecule is CSc1cnc(-c2cc(-c3ccc(F)c([C@]4(C)C[C@@H](C(F)(F)F)N=C(N)O4)c3)on2)nc1. The molecule has 1 aliphatic rings. The second-order valence-electron chi connectivity index (χ2n) is 7.28. The lowest BCUT2D eigenvalue weighted by Crippen LogP contribution is -2.46. The fourth-order valence-corrected chi connectivity index (χ4v) is 3.69. The molecule has 12 heteroatoms. The van der Waals surface area contributed by atoms with E-state index in [1.165, 1.54) is 30.8 Å². The molecule has 3 aromatic rings. The molecule has 0 saturated carbocycles. The van der Waals surface area contributed by atoms with Crippen molar-refractivity contribution in [2.75, 3.05) is 6.26 Å². The molecule has 1 aliphatic heterocycles. The fourth-order valence-electron chi connectivity index (χ4n) is 3.38. The van der Waals surface area contributed by atoms with Crippen LogP contribution in [0.25, 0.3) is 22.8 Å². The number of thioether (sulfide) groups is 1. The summed E-state index contributed by atoms with van der Waals surface area (Å²) in [5.74, 6) is -0.158. The first-order chi connectivity index (χ1) is 15.1. The van der Waals surface area contributed by atoms with E-state index in [4.69, 9.17) is 15.0 Å². The van der Waals surface area contributed by atoms with E-state index in [2.05, 4.69) is 20.1 Å². The summed E-state index contributed by atoms with van der Waals surface area (Å²) in [6.07, 6.45) is -0.0981. The van der Waals surface area contributed by atoms with Gasteiger partial charge in [0.15, 0.2) is 23.3 Å². The summed E-state index contributed by atoms with van der Waals surface area (Å²) in [5, 5.41) is 3.94. The number of aromatic nitrogens is 3. The van der Waals surface area contributed by atoms with Crippen LogP contribution in [0.5, 0.6) is 0 Å². The van der Waals surface area contributed by atoms with Crippen molar-refractivity contribution in [3.63, 3.8) is 0 Å². The van der Waals surface area contributed by atoms with E-state index in [1.807, 2.05) is 6.26 Å². The van der Waals surface area contributed by atoms with E-state index in [-0.39, 0.29) is 11.3 Å². The number of amidine groups is 1. The van der Waals surface area contributed by atoms with Gasteiger partial charge >= 0.3 is 6.18 Å². The second kappa shape index (κ2) is 8.08. The van der Waals surface area contributed by atoms with E-state index >= 15 is 0 Å². The van der Waals surface area contributed by atoms with Crippen LogP contribution in [-0.2, 0) is 10.3 Å². The van der Waals surface area contributed by atoms with Gasteiger partial charge in [-0.3, -0.25) is 0 Å². The molecule has 0 radical (unpaired) electrons. The van der Waals surface area contributed by atoms with Crippen LogP contribution in [0.3, 0.4) is 0 Å². The lowest BCUT2D eigenvalue weighted by Gasteiger charge is -2.37. The monoisotopic (exact) mass is 467 g/mol. The Balaban J connectivity index is 1.68. The third kappa shape index (κ3) is 4.27. The van der Waals surface area contributed by atoms with Crippen LogP contribution in [0.1, 0.15) is 18.9 Å². The van der Waals surface area contributed by atoms with E-state index in [1.54, 1.807) is 18.5 Å². The summed E-state index contributed by atoms with van der Waals surface area (Å²) < 4.78 is 65.3. The van der Waals surface area contributed by atoms with Gasteiger partial charge in [0.05, 0.1) is 0 Å². The van der Waals surface area contributed by atoms with Gasteiger partial charge in [-0.2, -0.15) is 13.2 Å². The molecule has 2 aromatic heterocycles. The molecule has 2 N–H and O–H groups in total. The smallest absolute Gasteiger partial charge is 0.411 e. The molecule has 32 heavy (non-hydrogen) atoms. The standard InChI is InChI=1S/C20H17F4N5O2S/c1-19(7-16(20(22,23)24)28-18(25)30-19)12-5-10(3-4-13(12)21)15-6-14(29-31-15)17-26-8-11(32-2)9-27-17/h3-6,8-9,16H,7H2,1-2H3,(H2,25,28)/t16-,19-/m0/s1. The number of nitrogens with zero attached hydrogens (tertiary/aromatic N) is 4. The minimum absolute atomic E-state index is 0.111. The van der Waals surface area contributed by atoms with Crippen LogP contribution in [0.4, 0.5) is 17.6 Å². The molecule has 0 saturated heterocycles. The Morgan fingerprint density at radius 1 is 1.19 bits per heavy atom. The minimum atomic E-state index is -4.64. The largest absolute Gasteiger partial charge is 0.454 e. The van der Waals surface area contributed by atoms with Gasteiger partial charge < -0.3 is 15.0 Å². The van der Waals surface area contributed by atoms with Crippen molar-refractivity contribution in [1.29, 1.82) is 0 Å². The maximum absolute atomic E-state index is 14.7. The highest BCUT2D eigenvalue weighted by atomic mass is 32.2. The van der Waals surface area contributed by atoms with Crippen LogP contribution >= 0.6 is 11.8 Å². The molecular formula is C20H17F4N5O2S. The lowest BCUT2D eigenvalue weighted by molar-refractivity contribution is -0.164. The minimum Gasteiger partial charge on any atom is -0.454 e. The van der Waals surface area contributed by atoms with Crippen molar-refractivity contribution in [2.24, 2.45) is 10.7 Å². The van der Waals surface area contributed by atoms with E-state index in [0.29, 0.717) is 17.1 Å². The number of benzene rings is 1. The highest BCUT2D eigenvalue weighted by molar-refractivity contribution is 7.98. The summed E-state index contributed by atoms with van der Waals surface area (Å²) in [4.78, 5) is 12.6. The van der Waals surface area contributed by atoms with E-state index in [0.717, 1.165) is 11.0 Å². The van der Waals surface area contributed by atoms with Crippen LogP contribution in [0.2, 0.25) is 0 Å². The Bertz CT molecular complexity index is 1170. The zero-order valence-electron chi connectivity index (χ0n) is 16.9. The molecule has 168 valence electrons. The Kier molecular flexibility index (Phi) is 5.57. The van der Waals surface area contributed by atoms with Gasteiger partial charge in [-0.1, -0.05) is 5.16 Å². The van der Waals surface area contributed by atoms with Crippen LogP contribution < -0.4 is 5.73 Å². The number of ether oxygens (including phenoxy) is 1. The van der Waals surface area contributed by atoms with Crippen LogP contribution in [0, 0.1) is 5.82 Å². The number of aliphatic imine (C=N–C) groups is 1. The number of rotatable bonds is 4. The zero-order valence-corrected chi connectivity index (χ0v) is 17.7. The summed E-state index contributed by atoms with van der Waals surface area (Å²) in [7, 11) is 0. The first kappa shape index (κ1) is 22.1. The molecular weight excluding hydrogens is 450 g/mol. The molecule has 0 unspecified atom stereocenters. The third-order valence-corrected chi connectivity index (χ3v) is 5.68. The molecule has 4 rings (SSSR count). The Morgan fingerprint density at radius 3 is 2.56 bits per heavy atom. The van der Waals surface area contributed by atoms with Crippen molar-refractivity contribution in [3.8, 4) is 22.8 Å². The fraction of sp³-hybridized carbons (Fsp3) is 0.300. The molecule has 7 nitrogen and oxygen atoms in total. The number of nitrogens with two attached hydrogens (primary N) is 1. The van der Waals surface area contributed by atoms with Crippen molar-refractivity contribution in [2.45, 2.75) is 36.1 Å². The first-order valence-electron chi connectivity index (χ1n) is 9.31. The molecule has 0 fully saturated rings. The zero-order chi connectivity index (χ0) is 23.1. The Morgan fingerprint density at radius 2 is 1.91 bits per heavy atom. The lowest BCUT2D eigenvalue weighted by atomic mass is 9.86. The molecule has 3 heterocycles. The first-order valence-corrected chi connectivity index (χ1v) is 10.5. The topological polar surface area (TPSA) is 99.4 Å². The average molecular weight is 467 g/mol. The van der Waals surface area contributed by atoms with Crippen LogP contribution in [-0.4, -0.2) is 39.6 Å². The van der Waals surface area contributed by atoms with Gasteiger partial charge in [0.1, 0.15) is 11.4 Å². The van der Waals surface area contributed by atoms with Gasteiger partial charge in [-0.15, -0.1) is 11.8 Å². The van der Waals surface area contributed by atoms with Gasteiger partial charge in [-0.05, 0) is 31.4 Å². The molecule has 0 amide bonds. The number of halogens is 4. The number of hydrogen-bond donors (Lipinski definition) is 1. The average Bonchev–Trinajstić information content (AvgIpc) is 3.23. The predicted octanol–water partition coefficient (Wildman–Crippen LogP) is 4.54. The van der Waals surface area contributed by atoms with Gasteiger partial charge in [0, 0.05) is 40.9 Å². The highest BCUT2D eigenvalue weighted by Gasteiger charge is 2.49. The Labute approximate surface area is 184 Å². The molecule has 0 bridgehead atoms. The normalized spacial score (nSPS) is 21.2. The quantitative estimate of drug-likeness (QED) is 0.444. The molecule has 2 atom stereocenters. The summed E-state index contributed by atoms with van der Waals surface area (Å²) in [5.41, 5.74) is 4.42. The van der Waals surface area contributed by atoms with Gasteiger partial charge in [0.2, 0.25) is 0 Å². The molecule has 1 aromatic carbocycles. The van der Waals surface area contributed by atoms with Gasteiger partial charge in [0.25, 0.3) is 6.02 Å². The van der Waals surface area contributed by atoms with Gasteiger partial charge in [-0.25, -0.2) is 19.4 Å². The summed E-state index contributed by atoms with van der Waals surface area (Å²) in [6.45, 7) is 1.34. The maximum atomic E-state index is 14.7. The van der Waals surface area contributed by atoms with E-state index in [9.17, 15) is 17.6 Å². The summed E-state index contributed by atoms with van der Waals surface area (Å²) in [6, 6.07) is 2.69. The number of alkyl halides is 3. The van der Waals surface area contributed by atoms with Crippen molar-refractivity contribution < 1.29 is 26.8 Å². The van der Waals surface area contributed by atoms with E-state index < -0.39 is 36.1 Å². The molecule has 0 spiro atoms. The highest BCUT2D eigenvalue weighted by Crippen LogP contribution is 2.41. The second-order valence-corrected chi connectivity index (χ2v) is 8.16. The van der Waals surface area contributed by atoms with Crippen molar-refractivity contribution >= 4 is 17.8 Å².